The lowest BCUT2D eigenvalue weighted by atomic mass is 10.0. The molecule has 102 valence electrons. The predicted molar refractivity (Wildman–Crippen MR) is 66.6 cm³/mol. The molecule has 0 amide bonds. The average Bonchev–Trinajstić information content (AvgIpc) is 2.26. The third-order valence-corrected chi connectivity index (χ3v) is 2.97. The maximum atomic E-state index is 10.4. The summed E-state index contributed by atoms with van der Waals surface area (Å²) in [4.78, 5) is 10.4. The van der Waals surface area contributed by atoms with Crippen molar-refractivity contribution >= 4 is 5.97 Å². The second-order valence-electron chi connectivity index (χ2n) is 4.70. The molecule has 0 saturated carbocycles. The fourth-order valence-electron chi connectivity index (χ4n) is 1.79. The van der Waals surface area contributed by atoms with Gasteiger partial charge in [-0.2, -0.15) is 0 Å². The van der Waals surface area contributed by atoms with Crippen LogP contribution in [0.5, 0.6) is 0 Å². The van der Waals surface area contributed by atoms with E-state index in [1.807, 2.05) is 0 Å². The number of aliphatic hydroxyl groups is 2. The number of rotatable bonds is 11. The molecule has 0 heterocycles. The van der Waals surface area contributed by atoms with Gasteiger partial charge in [0, 0.05) is 6.42 Å². The van der Waals surface area contributed by atoms with Gasteiger partial charge in [0.25, 0.3) is 5.79 Å². The first-order valence-electron chi connectivity index (χ1n) is 6.69. The van der Waals surface area contributed by atoms with E-state index in [0.717, 1.165) is 19.3 Å². The molecule has 0 unspecified atom stereocenters. The highest BCUT2D eigenvalue weighted by molar-refractivity contribution is 5.74. The Morgan fingerprint density at radius 2 is 1.29 bits per heavy atom. The lowest BCUT2D eigenvalue weighted by Crippen LogP contribution is -2.37. The molecule has 3 N–H and O–H groups in total. The van der Waals surface area contributed by atoms with Gasteiger partial charge >= 0.3 is 5.97 Å². The van der Waals surface area contributed by atoms with Gasteiger partial charge in [0.15, 0.2) is 0 Å². The number of aliphatic carboxylic acids is 1. The van der Waals surface area contributed by atoms with Crippen LogP contribution in [0, 0.1) is 0 Å². The Morgan fingerprint density at radius 3 is 1.71 bits per heavy atom. The summed E-state index contributed by atoms with van der Waals surface area (Å²) in [7, 11) is 0. The van der Waals surface area contributed by atoms with Crippen LogP contribution in [0.1, 0.15) is 71.1 Å². The van der Waals surface area contributed by atoms with Crippen molar-refractivity contribution in [3.05, 3.63) is 0 Å². The van der Waals surface area contributed by atoms with Crippen molar-refractivity contribution in [2.75, 3.05) is 0 Å². The van der Waals surface area contributed by atoms with Gasteiger partial charge in [-0.3, -0.25) is 0 Å². The number of carbonyl (C=O) groups is 1. The quantitative estimate of drug-likeness (QED) is 0.387. The third-order valence-electron chi connectivity index (χ3n) is 2.97. The van der Waals surface area contributed by atoms with Crippen LogP contribution in [0.15, 0.2) is 0 Å². The minimum absolute atomic E-state index is 0.0852. The summed E-state index contributed by atoms with van der Waals surface area (Å²) in [5, 5.41) is 26.6. The monoisotopic (exact) mass is 246 g/mol. The van der Waals surface area contributed by atoms with Crippen LogP contribution in [0.4, 0.5) is 0 Å². The van der Waals surface area contributed by atoms with E-state index in [2.05, 4.69) is 6.92 Å². The van der Waals surface area contributed by atoms with Crippen molar-refractivity contribution in [2.24, 2.45) is 0 Å². The van der Waals surface area contributed by atoms with Crippen molar-refractivity contribution in [3.63, 3.8) is 0 Å². The summed E-state index contributed by atoms with van der Waals surface area (Å²) >= 11 is 0. The second-order valence-corrected chi connectivity index (χ2v) is 4.70. The molecule has 0 atom stereocenters. The summed E-state index contributed by atoms with van der Waals surface area (Å²) in [6.07, 6.45) is 9.88. The smallest absolute Gasteiger partial charge is 0.364 e. The SMILES string of the molecule is CCCCCCCCCCCC(O)(O)C(=O)O. The number of carboxylic acid groups (broad SMARTS) is 1. The van der Waals surface area contributed by atoms with E-state index < -0.39 is 11.8 Å². The summed E-state index contributed by atoms with van der Waals surface area (Å²) in [5.74, 6) is -4.10. The molecule has 0 spiro atoms. The maximum absolute atomic E-state index is 10.4. The minimum atomic E-state index is -2.54. The van der Waals surface area contributed by atoms with Gasteiger partial charge in [-0.15, -0.1) is 0 Å². The number of hydrogen-bond acceptors (Lipinski definition) is 3. The van der Waals surface area contributed by atoms with E-state index in [9.17, 15) is 4.79 Å². The second kappa shape index (κ2) is 9.42. The molecule has 0 aromatic heterocycles. The van der Waals surface area contributed by atoms with Gasteiger partial charge in [-0.05, 0) is 6.42 Å². The van der Waals surface area contributed by atoms with E-state index in [1.165, 1.54) is 32.1 Å². The van der Waals surface area contributed by atoms with Crippen LogP contribution in [0.25, 0.3) is 0 Å². The Morgan fingerprint density at radius 1 is 0.882 bits per heavy atom. The fourth-order valence-corrected chi connectivity index (χ4v) is 1.79. The topological polar surface area (TPSA) is 77.8 Å². The first kappa shape index (κ1) is 16.4. The number of unbranched alkanes of at least 4 members (excludes halogenated alkanes) is 8. The van der Waals surface area contributed by atoms with Crippen LogP contribution in [0.3, 0.4) is 0 Å². The molecule has 0 saturated heterocycles. The van der Waals surface area contributed by atoms with Crippen molar-refractivity contribution in [1.82, 2.24) is 0 Å². The van der Waals surface area contributed by atoms with Crippen molar-refractivity contribution in [1.29, 1.82) is 0 Å². The summed E-state index contributed by atoms with van der Waals surface area (Å²) < 4.78 is 0. The van der Waals surface area contributed by atoms with E-state index in [-0.39, 0.29) is 6.42 Å². The number of carboxylic acids is 1. The molecule has 4 nitrogen and oxygen atoms in total. The van der Waals surface area contributed by atoms with Crippen LogP contribution in [-0.4, -0.2) is 27.1 Å². The normalized spacial score (nSPS) is 11.7. The summed E-state index contributed by atoms with van der Waals surface area (Å²) in [6.45, 7) is 2.19. The molecule has 0 rings (SSSR count). The van der Waals surface area contributed by atoms with E-state index in [0.29, 0.717) is 6.42 Å². The summed E-state index contributed by atoms with van der Waals surface area (Å²) in [5.41, 5.74) is 0. The van der Waals surface area contributed by atoms with Crippen LogP contribution >= 0.6 is 0 Å². The van der Waals surface area contributed by atoms with Crippen molar-refractivity contribution < 1.29 is 20.1 Å². The molecule has 0 aliphatic carbocycles. The van der Waals surface area contributed by atoms with Crippen LogP contribution in [0.2, 0.25) is 0 Å². The first-order valence-corrected chi connectivity index (χ1v) is 6.69. The highest BCUT2D eigenvalue weighted by atomic mass is 16.5. The molecule has 0 aromatic rings. The Bertz CT molecular complexity index is 202. The van der Waals surface area contributed by atoms with Crippen molar-refractivity contribution in [2.45, 2.75) is 76.9 Å². The Labute approximate surface area is 104 Å². The molecule has 0 fully saturated rings. The van der Waals surface area contributed by atoms with Gasteiger partial charge in [-0.25, -0.2) is 4.79 Å². The first-order chi connectivity index (χ1) is 8.00. The Balaban J connectivity index is 3.27. The average molecular weight is 246 g/mol. The predicted octanol–water partition coefficient (Wildman–Crippen LogP) is 2.67. The Hall–Kier alpha value is -0.610. The third kappa shape index (κ3) is 9.12. The van der Waals surface area contributed by atoms with Gasteiger partial charge in [-0.1, -0.05) is 58.3 Å². The van der Waals surface area contributed by atoms with Gasteiger partial charge in [0.05, 0.1) is 0 Å². The van der Waals surface area contributed by atoms with E-state index >= 15 is 0 Å². The highest BCUT2D eigenvalue weighted by Crippen LogP contribution is 2.15. The van der Waals surface area contributed by atoms with Gasteiger partial charge in [0.2, 0.25) is 0 Å². The molecular formula is C13H26O4. The zero-order chi connectivity index (χ0) is 13.1. The van der Waals surface area contributed by atoms with E-state index in [1.54, 1.807) is 0 Å². The molecular weight excluding hydrogens is 220 g/mol. The molecule has 0 aliphatic rings. The molecule has 0 aliphatic heterocycles. The highest BCUT2D eigenvalue weighted by Gasteiger charge is 2.31. The maximum Gasteiger partial charge on any atom is 0.364 e. The fraction of sp³-hybridized carbons (Fsp3) is 0.923. The molecule has 0 radical (unpaired) electrons. The van der Waals surface area contributed by atoms with Gasteiger partial charge in [0.1, 0.15) is 0 Å². The number of hydrogen-bond donors (Lipinski definition) is 3. The molecule has 0 bridgehead atoms. The van der Waals surface area contributed by atoms with Crippen LogP contribution in [-0.2, 0) is 4.79 Å². The zero-order valence-electron chi connectivity index (χ0n) is 10.8. The summed E-state index contributed by atoms with van der Waals surface area (Å²) in [6, 6.07) is 0. The molecule has 17 heavy (non-hydrogen) atoms. The standard InChI is InChI=1S/C13H26O4/c1-2-3-4-5-6-7-8-9-10-11-13(16,17)12(14)15/h16-17H,2-11H2,1H3,(H,14,15). The van der Waals surface area contributed by atoms with Gasteiger partial charge < -0.3 is 15.3 Å². The lowest BCUT2D eigenvalue weighted by Gasteiger charge is -2.15. The minimum Gasteiger partial charge on any atom is -0.477 e. The lowest BCUT2D eigenvalue weighted by molar-refractivity contribution is -0.205. The molecule has 4 heteroatoms. The Kier molecular flexibility index (Phi) is 9.09. The van der Waals surface area contributed by atoms with E-state index in [4.69, 9.17) is 15.3 Å². The molecule has 0 aromatic carbocycles. The zero-order valence-corrected chi connectivity index (χ0v) is 10.8. The van der Waals surface area contributed by atoms with Crippen LogP contribution < -0.4 is 0 Å². The van der Waals surface area contributed by atoms with Crippen molar-refractivity contribution in [3.8, 4) is 0 Å². The largest absolute Gasteiger partial charge is 0.477 e.